The van der Waals surface area contributed by atoms with Gasteiger partial charge in [-0.2, -0.15) is 0 Å². The number of hydrogen-bond donors (Lipinski definition) is 0. The van der Waals surface area contributed by atoms with Crippen molar-refractivity contribution in [2.75, 3.05) is 18.1 Å². The second-order valence-corrected chi connectivity index (χ2v) is 10.9. The van der Waals surface area contributed by atoms with Crippen LogP contribution in [0.1, 0.15) is 25.8 Å². The van der Waals surface area contributed by atoms with Crippen molar-refractivity contribution in [3.8, 4) is 0 Å². The summed E-state index contributed by atoms with van der Waals surface area (Å²) in [5, 5.41) is 13.7. The first-order valence-corrected chi connectivity index (χ1v) is 12.3. The molecule has 1 fully saturated rings. The predicted octanol–water partition coefficient (Wildman–Crippen LogP) is -0.661. The molecule has 0 bridgehead atoms. The van der Waals surface area contributed by atoms with E-state index in [1.807, 2.05) is 17.4 Å². The van der Waals surface area contributed by atoms with Crippen LogP contribution in [0.4, 0.5) is 5.00 Å². The van der Waals surface area contributed by atoms with Crippen LogP contribution < -0.4 is 39.6 Å². The number of carbonyl (C=O) groups excluding carboxylic acids is 2. The normalized spacial score (nSPS) is 23.0. The number of rotatable bonds is 3. The van der Waals surface area contributed by atoms with Crippen LogP contribution >= 0.6 is 34.4 Å². The zero-order valence-corrected chi connectivity index (χ0v) is 21.3. The van der Waals surface area contributed by atoms with E-state index in [1.54, 1.807) is 11.3 Å². The Kier molecular flexibility index (Phi) is 5.87. The number of fused-ring (bicyclic) bond motifs is 3. The third-order valence-corrected chi connectivity index (χ3v) is 9.42. The maximum Gasteiger partial charge on any atom is 1.00 e. The number of thioether (sulfide) groups is 1. The van der Waals surface area contributed by atoms with Crippen LogP contribution in [-0.4, -0.2) is 35.3 Å². The molecule has 1 atom stereocenters. The summed E-state index contributed by atoms with van der Waals surface area (Å²) in [6.45, 7) is 3.41. The summed E-state index contributed by atoms with van der Waals surface area (Å²) in [5.74, 6) is -1.54. The summed E-state index contributed by atoms with van der Waals surface area (Å²) in [6.07, 6.45) is 3.93. The van der Waals surface area contributed by atoms with Gasteiger partial charge in [0, 0.05) is 34.1 Å². The maximum atomic E-state index is 12.4. The molecule has 0 N–H and O–H groups in total. The summed E-state index contributed by atoms with van der Waals surface area (Å²) in [4.78, 5) is 31.2. The molecule has 0 aromatic carbocycles. The molecule has 6 rings (SSSR count). The van der Waals surface area contributed by atoms with Crippen molar-refractivity contribution in [2.24, 2.45) is 0 Å². The number of carboxylic acids is 1. The van der Waals surface area contributed by atoms with Gasteiger partial charge in [-0.1, -0.05) is 0 Å². The Morgan fingerprint density at radius 2 is 2.03 bits per heavy atom. The molecule has 1 saturated heterocycles. The molecule has 31 heavy (non-hydrogen) atoms. The van der Waals surface area contributed by atoms with Gasteiger partial charge in [-0.05, 0) is 41.2 Å². The molecule has 4 aliphatic heterocycles. The van der Waals surface area contributed by atoms with Gasteiger partial charge in [-0.25, -0.2) is 0 Å². The number of thiophene rings is 2. The number of amides is 1. The van der Waals surface area contributed by atoms with Gasteiger partial charge in [0.1, 0.15) is 5.37 Å². The van der Waals surface area contributed by atoms with Gasteiger partial charge in [0.25, 0.3) is 5.91 Å². The van der Waals surface area contributed by atoms with Gasteiger partial charge in [-0.15, -0.1) is 34.4 Å². The van der Waals surface area contributed by atoms with Crippen LogP contribution in [0.3, 0.4) is 0 Å². The molecule has 10 heteroatoms. The first-order valence-electron chi connectivity index (χ1n) is 9.76. The van der Waals surface area contributed by atoms with Crippen molar-refractivity contribution in [2.45, 2.75) is 31.4 Å². The van der Waals surface area contributed by atoms with Crippen molar-refractivity contribution >= 4 is 57.4 Å². The van der Waals surface area contributed by atoms with Crippen molar-refractivity contribution in [3.05, 3.63) is 54.6 Å². The molecule has 154 valence electrons. The Hall–Kier alpha value is -1.07. The average Bonchev–Trinajstić information content (AvgIpc) is 3.45. The number of carbonyl (C=O) groups is 2. The molecule has 6 nitrogen and oxygen atoms in total. The van der Waals surface area contributed by atoms with Gasteiger partial charge in [0.2, 0.25) is 0 Å². The van der Waals surface area contributed by atoms with Gasteiger partial charge in [0.15, 0.2) is 0 Å². The van der Waals surface area contributed by atoms with E-state index in [0.717, 1.165) is 44.0 Å². The second-order valence-electron chi connectivity index (χ2n) is 7.66. The fourth-order valence-electron chi connectivity index (χ4n) is 4.32. The molecule has 6 heterocycles. The molecule has 4 aliphatic rings. The molecule has 0 radical (unpaired) electrons. The number of hydrogen-bond acceptors (Lipinski definition) is 8. The minimum atomic E-state index is -1.30. The number of anilines is 1. The molecule has 2 aromatic rings. The standard InChI is InChI=1S/C21H18N2O4S3.Na/c24-19-14(20-23(19)15(10-28-20)21(25)26)7-13-5-11-8-22(3-1-16(11)29-13)18-6-12-9-27-4-2-17(12)30-18;/h5-7,10,20H,1-4,8-9H2,(H,25,26);/q;+1/p-1/b14-7-;/t20-;/m1./s1. The van der Waals surface area contributed by atoms with Gasteiger partial charge >= 0.3 is 29.6 Å². The minimum absolute atomic E-state index is 0. The van der Waals surface area contributed by atoms with Crippen LogP contribution in [0.15, 0.2) is 28.8 Å². The Morgan fingerprint density at radius 1 is 1.19 bits per heavy atom. The molecule has 0 spiro atoms. The van der Waals surface area contributed by atoms with Crippen molar-refractivity contribution < 1.29 is 49.0 Å². The molecule has 1 amide bonds. The molecule has 0 aliphatic carbocycles. The maximum absolute atomic E-state index is 12.4. The van der Waals surface area contributed by atoms with E-state index in [-0.39, 0.29) is 46.5 Å². The van der Waals surface area contributed by atoms with Crippen LogP contribution in [0, 0.1) is 0 Å². The summed E-state index contributed by atoms with van der Waals surface area (Å²) in [6, 6.07) is 4.46. The van der Waals surface area contributed by atoms with Crippen LogP contribution in [0.2, 0.25) is 0 Å². The number of nitrogens with zero attached hydrogens (tertiary/aromatic N) is 2. The summed E-state index contributed by atoms with van der Waals surface area (Å²) < 4.78 is 5.58. The van der Waals surface area contributed by atoms with Crippen molar-refractivity contribution in [3.63, 3.8) is 0 Å². The fraction of sp³-hybridized carbons (Fsp3) is 0.333. The molecule has 0 saturated carbocycles. The summed E-state index contributed by atoms with van der Waals surface area (Å²) >= 11 is 4.97. The largest absolute Gasteiger partial charge is 1.00 e. The number of carboxylic acid groups (broad SMARTS) is 1. The fourth-order valence-corrected chi connectivity index (χ4v) is 7.72. The number of β-lactam (4-membered cyclic amide) rings is 1. The monoisotopic (exact) mass is 480 g/mol. The number of ether oxygens (including phenoxy) is 1. The first kappa shape index (κ1) is 21.8. The zero-order valence-electron chi connectivity index (χ0n) is 16.9. The van der Waals surface area contributed by atoms with E-state index in [2.05, 4.69) is 17.0 Å². The van der Waals surface area contributed by atoms with Crippen LogP contribution in [0.5, 0.6) is 0 Å². The molecule has 2 aromatic heterocycles. The topological polar surface area (TPSA) is 72.9 Å². The number of aliphatic carboxylic acids is 1. The molecular weight excluding hydrogens is 463 g/mol. The van der Waals surface area contributed by atoms with E-state index >= 15 is 0 Å². The van der Waals surface area contributed by atoms with Crippen molar-refractivity contribution in [1.29, 1.82) is 0 Å². The Morgan fingerprint density at radius 3 is 2.84 bits per heavy atom. The quantitative estimate of drug-likeness (QED) is 0.330. The third-order valence-electron chi connectivity index (χ3n) is 5.85. The first-order chi connectivity index (χ1) is 14.6. The van der Waals surface area contributed by atoms with Crippen LogP contribution in [-0.2, 0) is 40.3 Å². The average molecular weight is 481 g/mol. The zero-order chi connectivity index (χ0) is 20.4. The third kappa shape index (κ3) is 3.64. The van der Waals surface area contributed by atoms with Crippen molar-refractivity contribution in [1.82, 2.24) is 4.90 Å². The van der Waals surface area contributed by atoms with Gasteiger partial charge in [-0.3, -0.25) is 9.69 Å². The summed E-state index contributed by atoms with van der Waals surface area (Å²) in [7, 11) is 0. The predicted molar refractivity (Wildman–Crippen MR) is 116 cm³/mol. The van der Waals surface area contributed by atoms with E-state index < -0.39 is 5.97 Å². The van der Waals surface area contributed by atoms with E-state index in [0.29, 0.717) is 5.57 Å². The Balaban J connectivity index is 0.00000204. The Labute approximate surface area is 213 Å². The summed E-state index contributed by atoms with van der Waals surface area (Å²) in [5.41, 5.74) is 3.28. The van der Waals surface area contributed by atoms with Gasteiger partial charge < -0.3 is 19.5 Å². The van der Waals surface area contributed by atoms with E-state index in [9.17, 15) is 14.7 Å². The minimum Gasteiger partial charge on any atom is -0.543 e. The van der Waals surface area contributed by atoms with E-state index in [1.165, 1.54) is 48.0 Å². The van der Waals surface area contributed by atoms with Crippen LogP contribution in [0.25, 0.3) is 6.08 Å². The van der Waals surface area contributed by atoms with Gasteiger partial charge in [0.05, 0.1) is 35.5 Å². The molecule has 0 unspecified atom stereocenters. The Bertz CT molecular complexity index is 1130. The smallest absolute Gasteiger partial charge is 0.543 e. The van der Waals surface area contributed by atoms with E-state index in [4.69, 9.17) is 4.74 Å². The second kappa shape index (κ2) is 8.37. The SMILES string of the molecule is O=C([O-])C1=CS[C@@H]2/C(=C\c3cc4c(s3)CCN(c3cc5c(s3)CCOC5)C4)C(=O)N12.[Na+]. The molecular formula is C21H17N2NaO4S3.